The molecule has 0 saturated carbocycles. The van der Waals surface area contributed by atoms with Crippen molar-refractivity contribution in [1.82, 2.24) is 14.7 Å². The molecule has 0 N–H and O–H groups in total. The SMILES string of the molecule is CC(C)[C@@H](C)N(Cc1ccco1)C(=O)c1nn(C)c2c1CC(=O)CC2. The summed E-state index contributed by atoms with van der Waals surface area (Å²) in [7, 11) is 1.84. The minimum Gasteiger partial charge on any atom is -0.467 e. The van der Waals surface area contributed by atoms with Crippen molar-refractivity contribution < 1.29 is 14.0 Å². The summed E-state index contributed by atoms with van der Waals surface area (Å²) in [5.74, 6) is 1.06. The molecule has 0 aliphatic heterocycles. The molecule has 0 bridgehead atoms. The Hall–Kier alpha value is -2.37. The Morgan fingerprint density at radius 1 is 1.36 bits per heavy atom. The van der Waals surface area contributed by atoms with E-state index in [9.17, 15) is 9.59 Å². The first kappa shape index (κ1) is 17.5. The summed E-state index contributed by atoms with van der Waals surface area (Å²) in [6.45, 7) is 6.60. The van der Waals surface area contributed by atoms with Gasteiger partial charge in [0.05, 0.1) is 12.8 Å². The summed E-state index contributed by atoms with van der Waals surface area (Å²) in [6, 6.07) is 3.71. The van der Waals surface area contributed by atoms with E-state index in [1.807, 2.05) is 26.1 Å². The highest BCUT2D eigenvalue weighted by Gasteiger charge is 2.32. The molecule has 0 aromatic carbocycles. The molecule has 0 fully saturated rings. The molecule has 134 valence electrons. The molecular weight excluding hydrogens is 318 g/mol. The first-order chi connectivity index (χ1) is 11.9. The van der Waals surface area contributed by atoms with Gasteiger partial charge in [-0.15, -0.1) is 0 Å². The number of ketones is 1. The zero-order valence-electron chi connectivity index (χ0n) is 15.3. The van der Waals surface area contributed by atoms with Crippen LogP contribution in [-0.4, -0.2) is 32.4 Å². The fraction of sp³-hybridized carbons (Fsp3) is 0.526. The molecule has 1 aliphatic rings. The quantitative estimate of drug-likeness (QED) is 0.837. The monoisotopic (exact) mass is 343 g/mol. The third-order valence-electron chi connectivity index (χ3n) is 5.12. The van der Waals surface area contributed by atoms with Crippen LogP contribution in [0.3, 0.4) is 0 Å². The van der Waals surface area contributed by atoms with Gasteiger partial charge in [-0.2, -0.15) is 5.10 Å². The first-order valence-corrected chi connectivity index (χ1v) is 8.78. The van der Waals surface area contributed by atoms with Gasteiger partial charge in [-0.3, -0.25) is 14.3 Å². The molecule has 6 heteroatoms. The molecule has 0 saturated heterocycles. The Bertz CT molecular complexity index is 774. The van der Waals surface area contributed by atoms with Crippen molar-refractivity contribution in [3.05, 3.63) is 41.1 Å². The zero-order valence-corrected chi connectivity index (χ0v) is 15.3. The third kappa shape index (κ3) is 3.38. The van der Waals surface area contributed by atoms with Crippen LogP contribution >= 0.6 is 0 Å². The van der Waals surface area contributed by atoms with Gasteiger partial charge in [0.2, 0.25) is 0 Å². The van der Waals surface area contributed by atoms with Crippen LogP contribution in [0.15, 0.2) is 22.8 Å². The van der Waals surface area contributed by atoms with Crippen LogP contribution in [0.4, 0.5) is 0 Å². The summed E-state index contributed by atoms with van der Waals surface area (Å²) in [5.41, 5.74) is 2.20. The van der Waals surface area contributed by atoms with Crippen molar-refractivity contribution in [2.75, 3.05) is 0 Å². The van der Waals surface area contributed by atoms with E-state index in [4.69, 9.17) is 4.42 Å². The lowest BCUT2D eigenvalue weighted by Gasteiger charge is -2.31. The third-order valence-corrected chi connectivity index (χ3v) is 5.12. The van der Waals surface area contributed by atoms with Crippen molar-refractivity contribution in [2.45, 2.75) is 52.6 Å². The molecule has 1 atom stereocenters. The first-order valence-electron chi connectivity index (χ1n) is 8.78. The largest absolute Gasteiger partial charge is 0.467 e. The highest BCUT2D eigenvalue weighted by Crippen LogP contribution is 2.25. The number of amides is 1. The van der Waals surface area contributed by atoms with Crippen LogP contribution in [-0.2, 0) is 31.2 Å². The van der Waals surface area contributed by atoms with E-state index in [0.29, 0.717) is 37.4 Å². The van der Waals surface area contributed by atoms with Crippen LogP contribution in [0.25, 0.3) is 0 Å². The van der Waals surface area contributed by atoms with Gasteiger partial charge in [-0.1, -0.05) is 13.8 Å². The molecule has 6 nitrogen and oxygen atoms in total. The number of aryl methyl sites for hydroxylation is 1. The lowest BCUT2D eigenvalue weighted by molar-refractivity contribution is -0.118. The molecule has 2 heterocycles. The van der Waals surface area contributed by atoms with Gasteiger partial charge in [0.25, 0.3) is 5.91 Å². The van der Waals surface area contributed by atoms with E-state index >= 15 is 0 Å². The van der Waals surface area contributed by atoms with Crippen molar-refractivity contribution in [2.24, 2.45) is 13.0 Å². The summed E-state index contributed by atoms with van der Waals surface area (Å²) in [4.78, 5) is 27.0. The van der Waals surface area contributed by atoms with E-state index in [-0.39, 0.29) is 17.7 Å². The van der Waals surface area contributed by atoms with Gasteiger partial charge in [-0.25, -0.2) is 0 Å². The molecular formula is C19H25N3O3. The minimum absolute atomic E-state index is 0.0227. The normalized spacial score (nSPS) is 15.3. The van der Waals surface area contributed by atoms with Gasteiger partial charge in [0.15, 0.2) is 5.69 Å². The number of rotatable bonds is 5. The van der Waals surface area contributed by atoms with Crippen LogP contribution in [0.5, 0.6) is 0 Å². The topological polar surface area (TPSA) is 68.3 Å². The predicted octanol–water partition coefficient (Wildman–Crippen LogP) is 2.76. The molecule has 0 spiro atoms. The van der Waals surface area contributed by atoms with E-state index in [1.165, 1.54) is 0 Å². The summed E-state index contributed by atoms with van der Waals surface area (Å²) in [6.07, 6.45) is 3.09. The number of aromatic nitrogens is 2. The number of Topliss-reactive ketones (excluding diaryl/α,β-unsaturated/α-hetero) is 1. The maximum atomic E-state index is 13.3. The fourth-order valence-corrected chi connectivity index (χ4v) is 3.28. The number of hydrogen-bond donors (Lipinski definition) is 0. The summed E-state index contributed by atoms with van der Waals surface area (Å²) in [5, 5.41) is 4.46. The molecule has 3 rings (SSSR count). The molecule has 0 radical (unpaired) electrons. The van der Waals surface area contributed by atoms with Crippen molar-refractivity contribution in [3.8, 4) is 0 Å². The lowest BCUT2D eigenvalue weighted by Crippen LogP contribution is -2.41. The average Bonchev–Trinajstić information content (AvgIpc) is 3.19. The number of fused-ring (bicyclic) bond motifs is 1. The number of hydrogen-bond acceptors (Lipinski definition) is 4. The second-order valence-corrected chi connectivity index (χ2v) is 7.11. The smallest absolute Gasteiger partial charge is 0.275 e. The Morgan fingerprint density at radius 3 is 2.76 bits per heavy atom. The maximum Gasteiger partial charge on any atom is 0.275 e. The molecule has 2 aromatic heterocycles. The van der Waals surface area contributed by atoms with Gasteiger partial charge in [0, 0.05) is 37.2 Å². The van der Waals surface area contributed by atoms with Crippen LogP contribution in [0, 0.1) is 5.92 Å². The van der Waals surface area contributed by atoms with E-state index in [0.717, 1.165) is 17.0 Å². The Kier molecular flexibility index (Phi) is 4.79. The lowest BCUT2D eigenvalue weighted by atomic mass is 9.94. The van der Waals surface area contributed by atoms with Crippen LogP contribution < -0.4 is 0 Å². The molecule has 1 amide bonds. The highest BCUT2D eigenvalue weighted by atomic mass is 16.3. The van der Waals surface area contributed by atoms with E-state index in [2.05, 4.69) is 18.9 Å². The Balaban J connectivity index is 1.96. The van der Waals surface area contributed by atoms with E-state index in [1.54, 1.807) is 15.8 Å². The van der Waals surface area contributed by atoms with Crippen molar-refractivity contribution in [1.29, 1.82) is 0 Å². The van der Waals surface area contributed by atoms with Crippen molar-refractivity contribution in [3.63, 3.8) is 0 Å². The number of carbonyl (C=O) groups excluding carboxylic acids is 2. The number of furan rings is 1. The molecule has 1 aliphatic carbocycles. The second kappa shape index (κ2) is 6.86. The molecule has 0 unspecified atom stereocenters. The van der Waals surface area contributed by atoms with E-state index < -0.39 is 0 Å². The predicted molar refractivity (Wildman–Crippen MR) is 93.1 cm³/mol. The summed E-state index contributed by atoms with van der Waals surface area (Å²) < 4.78 is 7.19. The highest BCUT2D eigenvalue weighted by molar-refractivity contribution is 5.96. The van der Waals surface area contributed by atoms with Gasteiger partial charge in [-0.05, 0) is 31.4 Å². The van der Waals surface area contributed by atoms with Crippen molar-refractivity contribution >= 4 is 11.7 Å². The fourth-order valence-electron chi connectivity index (χ4n) is 3.28. The van der Waals surface area contributed by atoms with Crippen LogP contribution in [0.1, 0.15) is 54.7 Å². The average molecular weight is 343 g/mol. The van der Waals surface area contributed by atoms with Gasteiger partial charge in [0.1, 0.15) is 11.5 Å². The van der Waals surface area contributed by atoms with Crippen LogP contribution in [0.2, 0.25) is 0 Å². The minimum atomic E-state index is -0.135. The molecule has 2 aromatic rings. The number of carbonyl (C=O) groups is 2. The van der Waals surface area contributed by atoms with Gasteiger partial charge >= 0.3 is 0 Å². The maximum absolute atomic E-state index is 13.3. The van der Waals surface area contributed by atoms with Gasteiger partial charge < -0.3 is 9.32 Å². The second-order valence-electron chi connectivity index (χ2n) is 7.11. The molecule has 25 heavy (non-hydrogen) atoms. The number of nitrogens with zero attached hydrogens (tertiary/aromatic N) is 3. The Labute approximate surface area is 147 Å². The standard InChI is InChI=1S/C19H25N3O3/c1-12(2)13(3)22(11-15-6-5-9-25-15)19(24)18-16-10-14(23)7-8-17(16)21(4)20-18/h5-6,9,12-13H,7-8,10-11H2,1-4H3/t13-/m1/s1. The summed E-state index contributed by atoms with van der Waals surface area (Å²) >= 11 is 0. The Morgan fingerprint density at radius 2 is 2.12 bits per heavy atom. The zero-order chi connectivity index (χ0) is 18.1.